The molecule has 0 saturated carbocycles. The van der Waals surface area contributed by atoms with Crippen LogP contribution in [-0.4, -0.2) is 29.0 Å². The topological polar surface area (TPSA) is 125 Å². The highest BCUT2D eigenvalue weighted by molar-refractivity contribution is 5.93. The summed E-state index contributed by atoms with van der Waals surface area (Å²) in [6, 6.07) is 2.00. The molecule has 0 aliphatic carbocycles. The zero-order chi connectivity index (χ0) is 17.4. The van der Waals surface area contributed by atoms with Crippen molar-refractivity contribution >= 4 is 23.0 Å². The van der Waals surface area contributed by atoms with Crippen molar-refractivity contribution in [3.63, 3.8) is 0 Å². The van der Waals surface area contributed by atoms with E-state index in [1.165, 1.54) is 0 Å². The van der Waals surface area contributed by atoms with E-state index in [-0.39, 0.29) is 17.9 Å². The number of ether oxygens (including phenoxy) is 1. The lowest BCUT2D eigenvalue weighted by atomic mass is 10.1. The number of nitrogens with one attached hydrogen (secondary N) is 1. The summed E-state index contributed by atoms with van der Waals surface area (Å²) in [6.07, 6.45) is 2.11. The fourth-order valence-electron chi connectivity index (χ4n) is 1.87. The Bertz CT molecular complexity index is 567. The van der Waals surface area contributed by atoms with E-state index >= 15 is 0 Å². The molecule has 0 saturated heterocycles. The minimum atomic E-state index is -0.821. The molecule has 0 heterocycles. The molecule has 1 rings (SSSR count). The van der Waals surface area contributed by atoms with Gasteiger partial charge in [0.2, 0.25) is 0 Å². The Hall–Kier alpha value is -2.71. The highest BCUT2D eigenvalue weighted by atomic mass is 16.6. The fraction of sp³-hybridized carbons (Fsp3) is 0.500. The number of carbonyl (C=O) groups is 1. The molecule has 0 fully saturated rings. The van der Waals surface area contributed by atoms with Crippen LogP contribution in [-0.2, 0) is 4.74 Å². The molecule has 0 bridgehead atoms. The Labute approximate surface area is 132 Å². The van der Waals surface area contributed by atoms with Crippen LogP contribution in [0, 0.1) is 20.2 Å². The number of carbonyl (C=O) groups excluding carboxylic acids is 1. The molecule has 1 N–H and O–H groups in total. The van der Waals surface area contributed by atoms with E-state index in [0.29, 0.717) is 19.4 Å². The fourth-order valence-corrected chi connectivity index (χ4v) is 1.87. The highest BCUT2D eigenvalue weighted by Crippen LogP contribution is 2.36. The van der Waals surface area contributed by atoms with Crippen LogP contribution in [0.1, 0.15) is 43.5 Å². The number of unbranched alkanes of at least 4 members (excludes halogenated alkanes) is 1. The number of nitrogens with zero attached hydrogens (tertiary/aromatic N) is 2. The first-order valence-electron chi connectivity index (χ1n) is 7.30. The van der Waals surface area contributed by atoms with Gasteiger partial charge in [-0.15, -0.1) is 0 Å². The molecule has 0 amide bonds. The van der Waals surface area contributed by atoms with Gasteiger partial charge in [-0.05, 0) is 12.8 Å². The van der Waals surface area contributed by atoms with E-state index in [1.807, 2.05) is 6.92 Å². The van der Waals surface area contributed by atoms with E-state index in [1.54, 1.807) is 6.92 Å². The van der Waals surface area contributed by atoms with E-state index < -0.39 is 27.2 Å². The van der Waals surface area contributed by atoms with Gasteiger partial charge in [-0.3, -0.25) is 20.2 Å². The first-order chi connectivity index (χ1) is 10.9. The van der Waals surface area contributed by atoms with Crippen LogP contribution in [0.5, 0.6) is 0 Å². The normalized spacial score (nSPS) is 10.2. The molecule has 9 nitrogen and oxygen atoms in total. The quantitative estimate of drug-likeness (QED) is 0.319. The maximum Gasteiger partial charge on any atom is 0.338 e. The lowest BCUT2D eigenvalue weighted by Crippen LogP contribution is -2.11. The summed E-state index contributed by atoms with van der Waals surface area (Å²) in [5.41, 5.74) is -1.43. The van der Waals surface area contributed by atoms with Crippen LogP contribution < -0.4 is 5.32 Å². The van der Waals surface area contributed by atoms with Crippen LogP contribution in [0.4, 0.5) is 17.1 Å². The minimum Gasteiger partial charge on any atom is -0.462 e. The lowest BCUT2D eigenvalue weighted by molar-refractivity contribution is -0.392. The van der Waals surface area contributed by atoms with Gasteiger partial charge < -0.3 is 10.1 Å². The summed E-state index contributed by atoms with van der Waals surface area (Å²) in [7, 11) is 0. The number of nitro benzene ring substituents is 2. The summed E-state index contributed by atoms with van der Waals surface area (Å²) < 4.78 is 4.88. The van der Waals surface area contributed by atoms with Crippen molar-refractivity contribution in [2.24, 2.45) is 0 Å². The molecule has 23 heavy (non-hydrogen) atoms. The van der Waals surface area contributed by atoms with Crippen molar-refractivity contribution in [2.75, 3.05) is 18.5 Å². The van der Waals surface area contributed by atoms with Gasteiger partial charge in [0.1, 0.15) is 0 Å². The number of rotatable bonds is 9. The second-order valence-electron chi connectivity index (χ2n) is 4.82. The molecule has 0 unspecified atom stereocenters. The van der Waals surface area contributed by atoms with Crippen molar-refractivity contribution in [3.05, 3.63) is 37.9 Å². The second kappa shape index (κ2) is 8.66. The number of nitro groups is 2. The SMILES string of the molecule is CCCCNc1c([N+](=O)[O-])cc(C(=O)OCCC)cc1[N+](=O)[O-]. The maximum atomic E-state index is 11.8. The van der Waals surface area contributed by atoms with E-state index in [9.17, 15) is 25.0 Å². The summed E-state index contributed by atoms with van der Waals surface area (Å²) in [6.45, 7) is 4.21. The van der Waals surface area contributed by atoms with Crippen LogP contribution in [0.2, 0.25) is 0 Å². The van der Waals surface area contributed by atoms with Gasteiger partial charge in [-0.1, -0.05) is 20.3 Å². The predicted octanol–water partition coefficient (Wildman–Crippen LogP) is 3.28. The Morgan fingerprint density at radius 1 is 1.13 bits per heavy atom. The predicted molar refractivity (Wildman–Crippen MR) is 83.7 cm³/mol. The van der Waals surface area contributed by atoms with E-state index in [0.717, 1.165) is 18.6 Å². The largest absolute Gasteiger partial charge is 0.462 e. The van der Waals surface area contributed by atoms with Crippen LogP contribution in [0.15, 0.2) is 12.1 Å². The molecule has 0 atom stereocenters. The Kier molecular flexibility index (Phi) is 6.91. The van der Waals surface area contributed by atoms with Crippen molar-refractivity contribution in [1.82, 2.24) is 0 Å². The molecular formula is C14H19N3O6. The van der Waals surface area contributed by atoms with Gasteiger partial charge in [0.15, 0.2) is 5.69 Å². The van der Waals surface area contributed by atoms with Crippen molar-refractivity contribution in [3.8, 4) is 0 Å². The molecule has 0 aromatic heterocycles. The molecule has 1 aromatic carbocycles. The van der Waals surface area contributed by atoms with Crippen molar-refractivity contribution in [1.29, 1.82) is 0 Å². The maximum absolute atomic E-state index is 11.8. The van der Waals surface area contributed by atoms with Gasteiger partial charge in [-0.25, -0.2) is 4.79 Å². The minimum absolute atomic E-state index is 0.136. The molecule has 9 heteroatoms. The lowest BCUT2D eigenvalue weighted by Gasteiger charge is -2.09. The molecular weight excluding hydrogens is 306 g/mol. The third-order valence-electron chi connectivity index (χ3n) is 3.00. The standard InChI is InChI=1S/C14H19N3O6/c1-3-5-6-15-13-11(16(19)20)8-10(9-12(13)17(21)22)14(18)23-7-4-2/h8-9,15H,3-7H2,1-2H3. The number of benzene rings is 1. The first kappa shape index (κ1) is 18.3. The van der Waals surface area contributed by atoms with Crippen molar-refractivity contribution < 1.29 is 19.4 Å². The average Bonchev–Trinajstić information content (AvgIpc) is 2.52. The van der Waals surface area contributed by atoms with Crippen LogP contribution in [0.3, 0.4) is 0 Å². The van der Waals surface area contributed by atoms with Gasteiger partial charge in [0.05, 0.1) is 22.0 Å². The van der Waals surface area contributed by atoms with Crippen LogP contribution >= 0.6 is 0 Å². The Balaban J connectivity index is 3.30. The zero-order valence-corrected chi connectivity index (χ0v) is 13.0. The molecule has 0 radical (unpaired) electrons. The third-order valence-corrected chi connectivity index (χ3v) is 3.00. The highest BCUT2D eigenvalue weighted by Gasteiger charge is 2.28. The van der Waals surface area contributed by atoms with Gasteiger partial charge >= 0.3 is 5.97 Å². The molecule has 126 valence electrons. The summed E-state index contributed by atoms with van der Waals surface area (Å²) in [5.74, 6) is -0.821. The second-order valence-corrected chi connectivity index (χ2v) is 4.82. The van der Waals surface area contributed by atoms with Crippen molar-refractivity contribution in [2.45, 2.75) is 33.1 Å². The Morgan fingerprint density at radius 2 is 1.70 bits per heavy atom. The monoisotopic (exact) mass is 325 g/mol. The number of hydrogen-bond acceptors (Lipinski definition) is 7. The number of hydrogen-bond donors (Lipinski definition) is 1. The molecule has 1 aromatic rings. The van der Waals surface area contributed by atoms with E-state index in [2.05, 4.69) is 5.32 Å². The summed E-state index contributed by atoms with van der Waals surface area (Å²) in [5, 5.41) is 25.1. The van der Waals surface area contributed by atoms with Gasteiger partial charge in [0, 0.05) is 18.7 Å². The third kappa shape index (κ3) is 4.90. The Morgan fingerprint density at radius 3 is 2.13 bits per heavy atom. The molecule has 0 aliphatic heterocycles. The van der Waals surface area contributed by atoms with Crippen LogP contribution in [0.25, 0.3) is 0 Å². The van der Waals surface area contributed by atoms with Gasteiger partial charge in [-0.2, -0.15) is 0 Å². The summed E-state index contributed by atoms with van der Waals surface area (Å²) >= 11 is 0. The zero-order valence-electron chi connectivity index (χ0n) is 13.0. The first-order valence-corrected chi connectivity index (χ1v) is 7.30. The molecule has 0 spiro atoms. The van der Waals surface area contributed by atoms with Gasteiger partial charge in [0.25, 0.3) is 11.4 Å². The smallest absolute Gasteiger partial charge is 0.338 e. The summed E-state index contributed by atoms with van der Waals surface area (Å²) in [4.78, 5) is 32.8. The number of anilines is 1. The van der Waals surface area contributed by atoms with E-state index in [4.69, 9.17) is 4.74 Å². The number of esters is 1. The molecule has 0 aliphatic rings. The average molecular weight is 325 g/mol.